The number of methoxy groups -OCH3 is 2. The number of nitrogens with one attached hydrogen (secondary N) is 1. The van der Waals surface area contributed by atoms with Crippen LogP contribution in [0.4, 0.5) is 0 Å². The number of esters is 4. The third kappa shape index (κ3) is 8.09. The van der Waals surface area contributed by atoms with Crippen molar-refractivity contribution < 1.29 is 57.1 Å². The number of hydrogen-bond donors (Lipinski definition) is 1. The summed E-state index contributed by atoms with van der Waals surface area (Å²) in [5.74, 6) is -5.44. The molecule has 2 saturated heterocycles. The van der Waals surface area contributed by atoms with Crippen molar-refractivity contribution in [3.05, 3.63) is 0 Å². The lowest BCUT2D eigenvalue weighted by Crippen LogP contribution is -2.72. The fourth-order valence-corrected chi connectivity index (χ4v) is 4.57. The van der Waals surface area contributed by atoms with Gasteiger partial charge in [-0.05, 0) is 0 Å². The second-order valence-electron chi connectivity index (χ2n) is 8.70. The average molecular weight is 533 g/mol. The number of nitrogens with zero attached hydrogens (tertiary/aromatic N) is 1. The summed E-state index contributed by atoms with van der Waals surface area (Å²) >= 11 is 0. The van der Waals surface area contributed by atoms with E-state index in [1.807, 2.05) is 4.90 Å². The Morgan fingerprint density at radius 3 is 2.08 bits per heavy atom. The van der Waals surface area contributed by atoms with Gasteiger partial charge in [0.15, 0.2) is 12.2 Å². The molecule has 1 N–H and O–H groups in total. The molecule has 1 amide bonds. The fraction of sp³-hybridized carbons (Fsp3) is 0.783. The molecule has 0 spiro atoms. The van der Waals surface area contributed by atoms with Crippen LogP contribution in [-0.4, -0.2) is 118 Å². The minimum absolute atomic E-state index is 0.0490. The van der Waals surface area contributed by atoms with Crippen LogP contribution in [0, 0.1) is 0 Å². The molecule has 0 aromatic rings. The summed E-state index contributed by atoms with van der Waals surface area (Å²) in [4.78, 5) is 63.0. The van der Waals surface area contributed by atoms with E-state index in [4.69, 9.17) is 33.2 Å². The quantitative estimate of drug-likeness (QED) is 0.267. The molecular formula is C23H36N2O12. The number of hydrogen-bond acceptors (Lipinski definition) is 13. The van der Waals surface area contributed by atoms with E-state index >= 15 is 0 Å². The van der Waals surface area contributed by atoms with Gasteiger partial charge in [0, 0.05) is 60.4 Å². The molecule has 2 aliphatic rings. The first-order valence-corrected chi connectivity index (χ1v) is 11.8. The van der Waals surface area contributed by atoms with Gasteiger partial charge in [0.1, 0.15) is 12.7 Å². The van der Waals surface area contributed by atoms with E-state index in [0.29, 0.717) is 26.3 Å². The Labute approximate surface area is 215 Å². The predicted molar refractivity (Wildman–Crippen MR) is 123 cm³/mol. The van der Waals surface area contributed by atoms with Crippen molar-refractivity contribution >= 4 is 29.8 Å². The van der Waals surface area contributed by atoms with Gasteiger partial charge in [-0.3, -0.25) is 24.1 Å². The van der Waals surface area contributed by atoms with Crippen LogP contribution < -0.4 is 5.32 Å². The van der Waals surface area contributed by atoms with Crippen LogP contribution in [0.25, 0.3) is 0 Å². The van der Waals surface area contributed by atoms with Gasteiger partial charge in [0.2, 0.25) is 5.91 Å². The number of amides is 1. The Hall–Kier alpha value is -2.81. The minimum atomic E-state index is -1.96. The van der Waals surface area contributed by atoms with Gasteiger partial charge in [-0.15, -0.1) is 0 Å². The Morgan fingerprint density at radius 1 is 0.973 bits per heavy atom. The van der Waals surface area contributed by atoms with Crippen LogP contribution in [0.15, 0.2) is 0 Å². The molecule has 14 heteroatoms. The number of carbonyl (C=O) groups excluding carboxylic acids is 5. The molecule has 0 radical (unpaired) electrons. The van der Waals surface area contributed by atoms with Gasteiger partial charge in [0.05, 0.1) is 26.4 Å². The summed E-state index contributed by atoms with van der Waals surface area (Å²) in [5.41, 5.74) is 0. The number of morpholine rings is 1. The molecule has 14 nitrogen and oxygen atoms in total. The van der Waals surface area contributed by atoms with E-state index in [9.17, 15) is 24.0 Å². The first-order valence-electron chi connectivity index (χ1n) is 11.8. The van der Waals surface area contributed by atoms with Gasteiger partial charge in [0.25, 0.3) is 5.79 Å². The summed E-state index contributed by atoms with van der Waals surface area (Å²) in [6.45, 7) is 5.97. The van der Waals surface area contributed by atoms with E-state index in [0.717, 1.165) is 27.9 Å². The summed E-state index contributed by atoms with van der Waals surface area (Å²) in [6, 6.07) is -1.47. The highest BCUT2D eigenvalue weighted by Gasteiger charge is 2.58. The highest BCUT2D eigenvalue weighted by molar-refractivity contribution is 5.78. The predicted octanol–water partition coefficient (Wildman–Crippen LogP) is -1.08. The van der Waals surface area contributed by atoms with E-state index < -0.39 is 72.6 Å². The van der Waals surface area contributed by atoms with E-state index in [-0.39, 0.29) is 6.42 Å². The molecule has 2 aliphatic heterocycles. The van der Waals surface area contributed by atoms with Crippen molar-refractivity contribution in [2.45, 2.75) is 70.3 Å². The second kappa shape index (κ2) is 13.7. The maximum Gasteiger partial charge on any atom is 0.366 e. The summed E-state index contributed by atoms with van der Waals surface area (Å²) in [6.07, 6.45) is -4.14. The molecule has 37 heavy (non-hydrogen) atoms. The van der Waals surface area contributed by atoms with Crippen molar-refractivity contribution in [2.24, 2.45) is 0 Å². The number of rotatable bonds is 10. The lowest BCUT2D eigenvalue weighted by Gasteiger charge is -2.52. The summed E-state index contributed by atoms with van der Waals surface area (Å²) in [5, 5.41) is 2.83. The minimum Gasteiger partial charge on any atom is -0.465 e. The molecule has 2 fully saturated rings. The first-order chi connectivity index (χ1) is 17.4. The normalized spacial score (nSPS) is 27.8. The monoisotopic (exact) mass is 532 g/mol. The average Bonchev–Trinajstić information content (AvgIpc) is 2.84. The van der Waals surface area contributed by atoms with Crippen molar-refractivity contribution in [1.29, 1.82) is 0 Å². The van der Waals surface area contributed by atoms with Crippen LogP contribution in [0.5, 0.6) is 0 Å². The second-order valence-corrected chi connectivity index (χ2v) is 8.70. The maximum absolute atomic E-state index is 13.0. The summed E-state index contributed by atoms with van der Waals surface area (Å²) < 4.78 is 38.1. The van der Waals surface area contributed by atoms with Crippen molar-refractivity contribution in [1.82, 2.24) is 10.2 Å². The molecule has 6 atom stereocenters. The van der Waals surface area contributed by atoms with Crippen molar-refractivity contribution in [3.8, 4) is 0 Å². The lowest BCUT2D eigenvalue weighted by molar-refractivity contribution is -0.302. The van der Waals surface area contributed by atoms with Gasteiger partial charge in [-0.1, -0.05) is 0 Å². The third-order valence-corrected chi connectivity index (χ3v) is 6.04. The lowest BCUT2D eigenvalue weighted by atomic mass is 9.85. The molecule has 210 valence electrons. The smallest absolute Gasteiger partial charge is 0.366 e. The molecule has 0 aliphatic carbocycles. The number of carbonyl (C=O) groups is 5. The van der Waals surface area contributed by atoms with Gasteiger partial charge < -0.3 is 38.5 Å². The highest BCUT2D eigenvalue weighted by Crippen LogP contribution is 2.37. The zero-order valence-electron chi connectivity index (χ0n) is 22.0. The highest BCUT2D eigenvalue weighted by atomic mass is 16.7. The van der Waals surface area contributed by atoms with Crippen molar-refractivity contribution in [3.63, 3.8) is 0 Å². The van der Waals surface area contributed by atoms with Crippen molar-refractivity contribution in [2.75, 3.05) is 47.1 Å². The Balaban J connectivity index is 2.66. The Morgan fingerprint density at radius 2 is 1.59 bits per heavy atom. The van der Waals surface area contributed by atoms with Gasteiger partial charge in [-0.2, -0.15) is 0 Å². The topological polar surface area (TPSA) is 165 Å². The van der Waals surface area contributed by atoms with Crippen LogP contribution in [-0.2, 0) is 57.1 Å². The molecule has 0 unspecified atom stereocenters. The molecule has 0 saturated carbocycles. The van der Waals surface area contributed by atoms with E-state index in [1.54, 1.807) is 0 Å². The van der Waals surface area contributed by atoms with E-state index in [2.05, 4.69) is 5.32 Å². The third-order valence-electron chi connectivity index (χ3n) is 6.04. The summed E-state index contributed by atoms with van der Waals surface area (Å²) in [7, 11) is 2.42. The molecule has 0 aromatic heterocycles. The molecular weight excluding hydrogens is 496 g/mol. The molecule has 2 rings (SSSR count). The van der Waals surface area contributed by atoms with Gasteiger partial charge in [-0.25, -0.2) is 4.79 Å². The largest absolute Gasteiger partial charge is 0.465 e. The SMILES string of the molecule is COC(=O)[C@]1(OC)C[C@@H](N2CCOCC2)[C@H](NC(C)=O)[C@@H]([C@@H](OC(C)=O)[C@H](COC(C)=O)OC(C)=O)O1. The van der Waals surface area contributed by atoms with Gasteiger partial charge >= 0.3 is 23.9 Å². The Kier molecular flexibility index (Phi) is 11.2. The zero-order chi connectivity index (χ0) is 27.8. The standard InChI is InChI=1S/C23H36N2O12/c1-13(26)24-19-17(25-7-9-33-10-8-25)11-23(32-6,22(30)31-5)37-21(19)20(36-16(4)29)18(35-15(3)28)12-34-14(2)27/h17-21H,7-12H2,1-6H3,(H,24,26)/t17-,18+,19+,20+,21+,23+/m1/s1. The fourth-order valence-electron chi connectivity index (χ4n) is 4.57. The number of ether oxygens (including phenoxy) is 7. The van der Waals surface area contributed by atoms with Crippen LogP contribution >= 0.6 is 0 Å². The maximum atomic E-state index is 13.0. The van der Waals surface area contributed by atoms with Crippen LogP contribution in [0.2, 0.25) is 0 Å². The van der Waals surface area contributed by atoms with Crippen LogP contribution in [0.1, 0.15) is 34.1 Å². The van der Waals surface area contributed by atoms with Crippen LogP contribution in [0.3, 0.4) is 0 Å². The Bertz CT molecular complexity index is 846. The van der Waals surface area contributed by atoms with E-state index in [1.165, 1.54) is 14.0 Å². The molecule has 2 heterocycles. The first kappa shape index (κ1) is 30.4. The zero-order valence-corrected chi connectivity index (χ0v) is 22.0. The molecule has 0 bridgehead atoms. The molecule has 0 aromatic carbocycles.